The zero-order valence-corrected chi connectivity index (χ0v) is 10.4. The zero-order valence-electron chi connectivity index (χ0n) is 9.62. The van der Waals surface area contributed by atoms with E-state index >= 15 is 0 Å². The number of aliphatic hydroxyl groups is 1. The topological polar surface area (TPSA) is 23.5 Å². The summed E-state index contributed by atoms with van der Waals surface area (Å²) in [7, 11) is 2.10. The number of nitrogens with zero attached hydrogens (tertiary/aromatic N) is 1. The van der Waals surface area contributed by atoms with E-state index in [4.69, 9.17) is 16.7 Å². The van der Waals surface area contributed by atoms with Crippen molar-refractivity contribution < 1.29 is 5.11 Å². The van der Waals surface area contributed by atoms with Gasteiger partial charge in [0.25, 0.3) is 0 Å². The number of benzene rings is 1. The van der Waals surface area contributed by atoms with Crippen molar-refractivity contribution in [3.63, 3.8) is 0 Å². The summed E-state index contributed by atoms with van der Waals surface area (Å²) in [5.41, 5.74) is 1.93. The highest BCUT2D eigenvalue weighted by Gasteiger charge is 2.19. The van der Waals surface area contributed by atoms with Crippen LogP contribution in [-0.4, -0.2) is 18.7 Å². The van der Waals surface area contributed by atoms with E-state index in [1.54, 1.807) is 0 Å². The molecule has 1 fully saturated rings. The van der Waals surface area contributed by atoms with Crippen LogP contribution in [0.25, 0.3) is 0 Å². The van der Waals surface area contributed by atoms with Gasteiger partial charge in [0.05, 0.1) is 6.61 Å². The maximum atomic E-state index is 9.04. The van der Waals surface area contributed by atoms with Crippen LogP contribution in [-0.2, 0) is 6.61 Å². The summed E-state index contributed by atoms with van der Waals surface area (Å²) in [6, 6.07) is 5.86. The molecule has 1 aliphatic rings. The molecule has 0 bridgehead atoms. The molecule has 0 aliphatic heterocycles. The molecule has 0 amide bonds. The van der Waals surface area contributed by atoms with Crippen LogP contribution in [0, 0.1) is 5.92 Å². The van der Waals surface area contributed by atoms with E-state index in [0.29, 0.717) is 5.02 Å². The third-order valence-corrected chi connectivity index (χ3v) is 3.76. The molecule has 1 aliphatic carbocycles. The molecule has 0 atom stereocenters. The van der Waals surface area contributed by atoms with Gasteiger partial charge in [-0.3, -0.25) is 0 Å². The largest absolute Gasteiger partial charge is 0.392 e. The molecular formula is C13H18ClNO. The van der Waals surface area contributed by atoms with Gasteiger partial charge in [0, 0.05) is 24.3 Å². The van der Waals surface area contributed by atoms with Crippen molar-refractivity contribution in [1.82, 2.24) is 0 Å². The van der Waals surface area contributed by atoms with Gasteiger partial charge < -0.3 is 10.0 Å². The van der Waals surface area contributed by atoms with Crippen LogP contribution in [0.15, 0.2) is 18.2 Å². The molecule has 3 heteroatoms. The lowest BCUT2D eigenvalue weighted by molar-refractivity contribution is 0.282. The molecule has 1 saturated carbocycles. The molecule has 0 radical (unpaired) electrons. The van der Waals surface area contributed by atoms with Crippen LogP contribution in [0.3, 0.4) is 0 Å². The van der Waals surface area contributed by atoms with Crippen molar-refractivity contribution in [2.24, 2.45) is 5.92 Å². The van der Waals surface area contributed by atoms with Gasteiger partial charge in [0.1, 0.15) is 0 Å². The Morgan fingerprint density at radius 3 is 2.69 bits per heavy atom. The van der Waals surface area contributed by atoms with Crippen LogP contribution >= 0.6 is 11.6 Å². The van der Waals surface area contributed by atoms with Gasteiger partial charge in [-0.2, -0.15) is 0 Å². The summed E-state index contributed by atoms with van der Waals surface area (Å²) in [4.78, 5) is 2.25. The first kappa shape index (κ1) is 11.7. The van der Waals surface area contributed by atoms with Gasteiger partial charge in [-0.25, -0.2) is 0 Å². The lowest BCUT2D eigenvalue weighted by Crippen LogP contribution is -2.29. The fourth-order valence-electron chi connectivity index (χ4n) is 2.07. The van der Waals surface area contributed by atoms with E-state index in [-0.39, 0.29) is 6.61 Å². The molecule has 1 N–H and O–H groups in total. The minimum atomic E-state index is 0.00541. The molecule has 0 unspecified atom stereocenters. The zero-order chi connectivity index (χ0) is 11.5. The molecular weight excluding hydrogens is 222 g/mol. The van der Waals surface area contributed by atoms with Crippen LogP contribution < -0.4 is 4.90 Å². The van der Waals surface area contributed by atoms with Crippen molar-refractivity contribution in [3.8, 4) is 0 Å². The Morgan fingerprint density at radius 1 is 1.44 bits per heavy atom. The normalized spacial score (nSPS) is 15.9. The molecule has 1 aromatic carbocycles. The second-order valence-corrected chi connectivity index (χ2v) is 5.02. The second-order valence-electron chi connectivity index (χ2n) is 4.61. The summed E-state index contributed by atoms with van der Waals surface area (Å²) in [5.74, 6) is 0.848. The third-order valence-electron chi connectivity index (χ3n) is 3.40. The smallest absolute Gasteiger partial charge is 0.0696 e. The number of hydrogen-bond acceptors (Lipinski definition) is 2. The van der Waals surface area contributed by atoms with Gasteiger partial charge in [0.2, 0.25) is 0 Å². The summed E-state index contributed by atoms with van der Waals surface area (Å²) in [6.07, 6.45) is 4.09. The van der Waals surface area contributed by atoms with E-state index < -0.39 is 0 Å². The van der Waals surface area contributed by atoms with Crippen molar-refractivity contribution in [2.45, 2.75) is 25.9 Å². The van der Waals surface area contributed by atoms with E-state index in [9.17, 15) is 0 Å². The van der Waals surface area contributed by atoms with Crippen molar-refractivity contribution in [1.29, 1.82) is 0 Å². The Hall–Kier alpha value is -0.730. The Balaban J connectivity index is 2.04. The fourth-order valence-corrected chi connectivity index (χ4v) is 2.30. The Labute approximate surface area is 102 Å². The average molecular weight is 240 g/mol. The lowest BCUT2D eigenvalue weighted by Gasteiger charge is -2.31. The molecule has 16 heavy (non-hydrogen) atoms. The number of halogens is 1. The number of aliphatic hydroxyl groups excluding tert-OH is 1. The van der Waals surface area contributed by atoms with Crippen LogP contribution in [0.5, 0.6) is 0 Å². The van der Waals surface area contributed by atoms with Crippen LogP contribution in [0.4, 0.5) is 5.69 Å². The Morgan fingerprint density at radius 2 is 2.19 bits per heavy atom. The minimum absolute atomic E-state index is 0.00541. The number of rotatable bonds is 4. The van der Waals surface area contributed by atoms with Gasteiger partial charge in [0.15, 0.2) is 0 Å². The molecule has 2 nitrogen and oxygen atoms in total. The fraction of sp³-hybridized carbons (Fsp3) is 0.538. The first-order valence-corrected chi connectivity index (χ1v) is 6.19. The average Bonchev–Trinajstić information content (AvgIpc) is 2.23. The third kappa shape index (κ3) is 2.50. The van der Waals surface area contributed by atoms with Crippen LogP contribution in [0.1, 0.15) is 24.8 Å². The maximum absolute atomic E-state index is 9.04. The Bertz CT molecular complexity index is 363. The number of hydrogen-bond donors (Lipinski definition) is 1. The van der Waals surface area contributed by atoms with Gasteiger partial charge >= 0.3 is 0 Å². The molecule has 0 aromatic heterocycles. The second kappa shape index (κ2) is 5.07. The quantitative estimate of drug-likeness (QED) is 0.873. The van der Waals surface area contributed by atoms with E-state index in [1.807, 2.05) is 18.2 Å². The van der Waals surface area contributed by atoms with E-state index in [2.05, 4.69) is 11.9 Å². The standard InChI is InChI=1S/C13H18ClNO/c1-15(8-10-3-2-4-10)12-6-5-11(9-16)13(14)7-12/h5-7,10,16H,2-4,8-9H2,1H3. The number of anilines is 1. The minimum Gasteiger partial charge on any atom is -0.392 e. The summed E-state index contributed by atoms with van der Waals surface area (Å²) in [5, 5.41) is 9.70. The molecule has 2 rings (SSSR count). The lowest BCUT2D eigenvalue weighted by atomic mass is 9.85. The van der Waals surface area contributed by atoms with Gasteiger partial charge in [-0.1, -0.05) is 24.1 Å². The van der Waals surface area contributed by atoms with E-state index in [0.717, 1.165) is 23.7 Å². The summed E-state index contributed by atoms with van der Waals surface area (Å²) < 4.78 is 0. The Kier molecular flexibility index (Phi) is 3.72. The molecule has 1 aromatic rings. The predicted octanol–water partition coefficient (Wildman–Crippen LogP) is 3.07. The van der Waals surface area contributed by atoms with Crippen LogP contribution in [0.2, 0.25) is 5.02 Å². The first-order valence-electron chi connectivity index (χ1n) is 5.81. The SMILES string of the molecule is CN(CC1CCC1)c1ccc(CO)c(Cl)c1. The highest BCUT2D eigenvalue weighted by Crippen LogP contribution is 2.29. The first-order chi connectivity index (χ1) is 7.70. The summed E-state index contributed by atoms with van der Waals surface area (Å²) >= 11 is 6.07. The molecule has 0 spiro atoms. The van der Waals surface area contributed by atoms with E-state index in [1.165, 1.54) is 19.3 Å². The molecule has 88 valence electrons. The monoisotopic (exact) mass is 239 g/mol. The predicted molar refractivity (Wildman–Crippen MR) is 68.0 cm³/mol. The highest BCUT2D eigenvalue weighted by molar-refractivity contribution is 6.31. The van der Waals surface area contributed by atoms with Gasteiger partial charge in [-0.05, 0) is 36.5 Å². The summed E-state index contributed by atoms with van der Waals surface area (Å²) in [6.45, 7) is 1.11. The molecule has 0 heterocycles. The van der Waals surface area contributed by atoms with Gasteiger partial charge in [-0.15, -0.1) is 0 Å². The van der Waals surface area contributed by atoms with Crippen molar-refractivity contribution >= 4 is 17.3 Å². The maximum Gasteiger partial charge on any atom is 0.0696 e. The van der Waals surface area contributed by atoms with Crippen molar-refractivity contribution in [3.05, 3.63) is 28.8 Å². The van der Waals surface area contributed by atoms with Crippen molar-refractivity contribution in [2.75, 3.05) is 18.5 Å². The molecule has 0 saturated heterocycles. The highest BCUT2D eigenvalue weighted by atomic mass is 35.5.